The molecule has 1 aromatic heterocycles. The third-order valence-corrected chi connectivity index (χ3v) is 5.73. The second-order valence-electron chi connectivity index (χ2n) is 8.01. The Morgan fingerprint density at radius 2 is 1.71 bits per heavy atom. The Kier molecular flexibility index (Phi) is 5.84. The van der Waals surface area contributed by atoms with Gasteiger partial charge in [0.25, 0.3) is 5.91 Å². The lowest BCUT2D eigenvalue weighted by atomic mass is 9.93. The molecule has 0 saturated carbocycles. The number of aryl methyl sites for hydroxylation is 1. The molecule has 3 aromatic rings. The fourth-order valence-corrected chi connectivity index (χ4v) is 3.94. The number of piperidine rings is 1. The van der Waals surface area contributed by atoms with E-state index in [1.54, 1.807) is 27.9 Å². The topological polar surface area (TPSA) is 75.4 Å². The molecule has 1 aliphatic rings. The van der Waals surface area contributed by atoms with Gasteiger partial charge in [0, 0.05) is 31.3 Å². The van der Waals surface area contributed by atoms with Crippen LogP contribution in [0.5, 0.6) is 0 Å². The van der Waals surface area contributed by atoms with Gasteiger partial charge in [0.1, 0.15) is 11.5 Å². The van der Waals surface area contributed by atoms with Gasteiger partial charge in [-0.15, -0.1) is 0 Å². The Morgan fingerprint density at radius 1 is 1.06 bits per heavy atom. The number of carbonyl (C=O) groups is 2. The van der Waals surface area contributed by atoms with Crippen molar-refractivity contribution in [1.29, 1.82) is 0 Å². The largest absolute Gasteiger partial charge is 0.481 e. The fourth-order valence-electron chi connectivity index (χ4n) is 3.94. The molecule has 0 atom stereocenters. The highest BCUT2D eigenvalue weighted by Gasteiger charge is 2.28. The number of hydrogen-bond donors (Lipinski definition) is 1. The average molecular weight is 421 g/mol. The smallest absolute Gasteiger partial charge is 0.303 e. The summed E-state index contributed by atoms with van der Waals surface area (Å²) in [5.74, 6) is -1.17. The van der Waals surface area contributed by atoms with Crippen molar-refractivity contribution in [3.63, 3.8) is 0 Å². The molecule has 1 amide bonds. The lowest BCUT2D eigenvalue weighted by molar-refractivity contribution is -0.138. The standard InChI is InChI=1S/C24H24FN3O3/c1-16-2-4-18(5-3-16)23-21(15-28(26-23)20-8-6-19(25)7-9-20)24(31)27-12-10-17(11-13-27)14-22(29)30/h2-9,15,17H,10-14H2,1H3,(H,29,30). The third-order valence-electron chi connectivity index (χ3n) is 5.73. The number of aliphatic carboxylic acids is 1. The molecule has 0 aliphatic carbocycles. The maximum atomic E-state index is 13.4. The molecule has 1 saturated heterocycles. The number of likely N-dealkylation sites (tertiary alicyclic amines) is 1. The van der Waals surface area contributed by atoms with Crippen molar-refractivity contribution in [2.45, 2.75) is 26.2 Å². The highest BCUT2D eigenvalue weighted by Crippen LogP contribution is 2.28. The van der Waals surface area contributed by atoms with Gasteiger partial charge in [0.15, 0.2) is 0 Å². The van der Waals surface area contributed by atoms with Crippen LogP contribution in [0.3, 0.4) is 0 Å². The van der Waals surface area contributed by atoms with Crippen molar-refractivity contribution in [2.75, 3.05) is 13.1 Å². The molecule has 0 radical (unpaired) electrons. The molecular weight excluding hydrogens is 397 g/mol. The van der Waals surface area contributed by atoms with E-state index in [0.29, 0.717) is 42.9 Å². The molecule has 1 N–H and O–H groups in total. The highest BCUT2D eigenvalue weighted by atomic mass is 19.1. The molecule has 160 valence electrons. The van der Waals surface area contributed by atoms with E-state index in [1.807, 2.05) is 31.2 Å². The molecule has 31 heavy (non-hydrogen) atoms. The molecule has 0 unspecified atom stereocenters. The highest BCUT2D eigenvalue weighted by molar-refractivity contribution is 6.00. The van der Waals surface area contributed by atoms with Crippen LogP contribution in [0.2, 0.25) is 0 Å². The number of carboxylic acids is 1. The van der Waals surface area contributed by atoms with Crippen molar-refractivity contribution in [2.24, 2.45) is 5.92 Å². The van der Waals surface area contributed by atoms with E-state index in [2.05, 4.69) is 5.10 Å². The van der Waals surface area contributed by atoms with Gasteiger partial charge in [-0.3, -0.25) is 9.59 Å². The van der Waals surface area contributed by atoms with Crippen LogP contribution in [0.4, 0.5) is 4.39 Å². The maximum absolute atomic E-state index is 13.4. The van der Waals surface area contributed by atoms with Gasteiger partial charge in [-0.05, 0) is 49.9 Å². The molecule has 0 spiro atoms. The summed E-state index contributed by atoms with van der Waals surface area (Å²) in [5, 5.41) is 13.7. The molecule has 1 aliphatic heterocycles. The molecule has 4 rings (SSSR count). The SMILES string of the molecule is Cc1ccc(-c2nn(-c3ccc(F)cc3)cc2C(=O)N2CCC(CC(=O)O)CC2)cc1. The molecule has 2 heterocycles. The van der Waals surface area contributed by atoms with Crippen LogP contribution in [0, 0.1) is 18.7 Å². The molecule has 2 aromatic carbocycles. The number of rotatable bonds is 5. The molecular formula is C24H24FN3O3. The van der Waals surface area contributed by atoms with Gasteiger partial charge < -0.3 is 10.0 Å². The van der Waals surface area contributed by atoms with Crippen molar-refractivity contribution in [3.8, 4) is 16.9 Å². The second kappa shape index (κ2) is 8.71. The summed E-state index contributed by atoms with van der Waals surface area (Å²) in [4.78, 5) is 26.1. The first-order valence-corrected chi connectivity index (χ1v) is 10.3. The lowest BCUT2D eigenvalue weighted by Gasteiger charge is -2.31. The van der Waals surface area contributed by atoms with Crippen LogP contribution in [0.25, 0.3) is 16.9 Å². The van der Waals surface area contributed by atoms with Crippen LogP contribution in [0.15, 0.2) is 54.7 Å². The van der Waals surface area contributed by atoms with E-state index in [1.165, 1.54) is 12.1 Å². The van der Waals surface area contributed by atoms with Crippen LogP contribution in [-0.2, 0) is 4.79 Å². The van der Waals surface area contributed by atoms with E-state index in [9.17, 15) is 14.0 Å². The predicted octanol–water partition coefficient (Wildman–Crippen LogP) is 4.31. The number of benzene rings is 2. The van der Waals surface area contributed by atoms with E-state index in [0.717, 1.165) is 11.1 Å². The number of halogens is 1. The maximum Gasteiger partial charge on any atom is 0.303 e. The number of aromatic nitrogens is 2. The molecule has 6 nitrogen and oxygen atoms in total. The van der Waals surface area contributed by atoms with Gasteiger partial charge in [0.2, 0.25) is 0 Å². The summed E-state index contributed by atoms with van der Waals surface area (Å²) < 4.78 is 14.9. The number of carbonyl (C=O) groups excluding carboxylic acids is 1. The van der Waals surface area contributed by atoms with Gasteiger partial charge in [-0.2, -0.15) is 5.10 Å². The van der Waals surface area contributed by atoms with Crippen molar-refractivity contribution >= 4 is 11.9 Å². The van der Waals surface area contributed by atoms with Crippen LogP contribution < -0.4 is 0 Å². The van der Waals surface area contributed by atoms with Gasteiger partial charge >= 0.3 is 5.97 Å². The third kappa shape index (κ3) is 4.66. The Labute approximate surface area is 179 Å². The van der Waals surface area contributed by atoms with Gasteiger partial charge in [-0.25, -0.2) is 9.07 Å². The molecule has 7 heteroatoms. The number of carboxylic acid groups (broad SMARTS) is 1. The number of amides is 1. The first-order chi connectivity index (χ1) is 14.9. The fraction of sp³-hybridized carbons (Fsp3) is 0.292. The van der Waals surface area contributed by atoms with E-state index >= 15 is 0 Å². The Hall–Kier alpha value is -3.48. The summed E-state index contributed by atoms with van der Waals surface area (Å²) in [7, 11) is 0. The number of nitrogens with zero attached hydrogens (tertiary/aromatic N) is 3. The van der Waals surface area contributed by atoms with Gasteiger partial charge in [0.05, 0.1) is 11.3 Å². The zero-order valence-corrected chi connectivity index (χ0v) is 17.3. The van der Waals surface area contributed by atoms with E-state index < -0.39 is 5.97 Å². The Balaban J connectivity index is 1.65. The van der Waals surface area contributed by atoms with Crippen LogP contribution >= 0.6 is 0 Å². The van der Waals surface area contributed by atoms with Crippen molar-refractivity contribution < 1.29 is 19.1 Å². The van der Waals surface area contributed by atoms with E-state index in [4.69, 9.17) is 5.11 Å². The van der Waals surface area contributed by atoms with Crippen molar-refractivity contribution in [1.82, 2.24) is 14.7 Å². The Bertz CT molecular complexity index is 1080. The summed E-state index contributed by atoms with van der Waals surface area (Å²) in [5.41, 5.74) is 3.64. The summed E-state index contributed by atoms with van der Waals surface area (Å²) in [6, 6.07) is 13.8. The van der Waals surface area contributed by atoms with Crippen molar-refractivity contribution in [3.05, 3.63) is 71.7 Å². The van der Waals surface area contributed by atoms with Gasteiger partial charge in [-0.1, -0.05) is 29.8 Å². The minimum absolute atomic E-state index is 0.0973. The van der Waals surface area contributed by atoms with Crippen LogP contribution in [-0.4, -0.2) is 44.8 Å². The molecule has 0 bridgehead atoms. The van der Waals surface area contributed by atoms with Crippen LogP contribution in [0.1, 0.15) is 35.2 Å². The first kappa shape index (κ1) is 20.8. The minimum atomic E-state index is -0.799. The zero-order valence-electron chi connectivity index (χ0n) is 17.3. The minimum Gasteiger partial charge on any atom is -0.481 e. The summed E-state index contributed by atoms with van der Waals surface area (Å²) >= 11 is 0. The molecule has 1 fully saturated rings. The summed E-state index contributed by atoms with van der Waals surface area (Å²) in [6.45, 7) is 3.03. The predicted molar refractivity (Wildman–Crippen MR) is 115 cm³/mol. The average Bonchev–Trinajstić information content (AvgIpc) is 3.20. The normalized spacial score (nSPS) is 14.6. The second-order valence-corrected chi connectivity index (χ2v) is 8.01. The monoisotopic (exact) mass is 421 g/mol. The zero-order chi connectivity index (χ0) is 22.0. The summed E-state index contributed by atoms with van der Waals surface area (Å²) in [6.07, 6.45) is 3.17. The lowest BCUT2D eigenvalue weighted by Crippen LogP contribution is -2.39. The quantitative estimate of drug-likeness (QED) is 0.666. The first-order valence-electron chi connectivity index (χ1n) is 10.3. The van der Waals surface area contributed by atoms with E-state index in [-0.39, 0.29) is 24.1 Å². The Morgan fingerprint density at radius 3 is 2.32 bits per heavy atom. The number of hydrogen-bond acceptors (Lipinski definition) is 3.